The van der Waals surface area contributed by atoms with Crippen molar-refractivity contribution in [2.75, 3.05) is 13.6 Å². The van der Waals surface area contributed by atoms with Gasteiger partial charge < -0.3 is 10.6 Å². The van der Waals surface area contributed by atoms with E-state index in [0.717, 1.165) is 22.7 Å². The number of aromatic amines is 1. The summed E-state index contributed by atoms with van der Waals surface area (Å²) in [6.07, 6.45) is 4.18. The zero-order chi connectivity index (χ0) is 15.4. The standard InChI is InChI=1S/C16H20BrN5/c1-18-15(19-10-14-5-8-21-22-14)20-11-16(6-7-16)12-3-2-4-13(17)9-12/h2-5,8-9H,6-7,10-11H2,1H3,(H,21,22)(H2,18,19,20). The summed E-state index contributed by atoms with van der Waals surface area (Å²) in [5.74, 6) is 0.816. The van der Waals surface area contributed by atoms with Crippen molar-refractivity contribution in [3.8, 4) is 0 Å². The van der Waals surface area contributed by atoms with Gasteiger partial charge in [0.25, 0.3) is 0 Å². The summed E-state index contributed by atoms with van der Waals surface area (Å²) in [5.41, 5.74) is 2.67. The second-order valence-electron chi connectivity index (χ2n) is 5.65. The number of hydrogen-bond acceptors (Lipinski definition) is 2. The molecule has 0 amide bonds. The fourth-order valence-corrected chi connectivity index (χ4v) is 2.97. The van der Waals surface area contributed by atoms with Gasteiger partial charge in [0.15, 0.2) is 5.96 Å². The fraction of sp³-hybridized carbons (Fsp3) is 0.375. The van der Waals surface area contributed by atoms with Gasteiger partial charge in [-0.1, -0.05) is 28.1 Å². The molecule has 116 valence electrons. The van der Waals surface area contributed by atoms with Crippen LogP contribution in [-0.4, -0.2) is 29.7 Å². The quantitative estimate of drug-likeness (QED) is 0.566. The molecule has 1 aromatic carbocycles. The van der Waals surface area contributed by atoms with Gasteiger partial charge in [-0.25, -0.2) is 0 Å². The summed E-state index contributed by atoms with van der Waals surface area (Å²) >= 11 is 3.56. The van der Waals surface area contributed by atoms with Gasteiger partial charge in [-0.05, 0) is 36.6 Å². The summed E-state index contributed by atoms with van der Waals surface area (Å²) in [7, 11) is 1.79. The summed E-state index contributed by atoms with van der Waals surface area (Å²) in [4.78, 5) is 4.28. The van der Waals surface area contributed by atoms with Crippen molar-refractivity contribution in [1.29, 1.82) is 0 Å². The Labute approximate surface area is 138 Å². The number of aromatic nitrogens is 2. The number of nitrogens with zero attached hydrogens (tertiary/aromatic N) is 2. The molecule has 0 radical (unpaired) electrons. The predicted octanol–water partition coefficient (Wildman–Crippen LogP) is 2.57. The smallest absolute Gasteiger partial charge is 0.191 e. The van der Waals surface area contributed by atoms with Gasteiger partial charge in [0.2, 0.25) is 0 Å². The van der Waals surface area contributed by atoms with Crippen LogP contribution in [0.25, 0.3) is 0 Å². The lowest BCUT2D eigenvalue weighted by Gasteiger charge is -2.19. The van der Waals surface area contributed by atoms with Crippen LogP contribution >= 0.6 is 15.9 Å². The van der Waals surface area contributed by atoms with Crippen molar-refractivity contribution in [1.82, 2.24) is 20.8 Å². The molecule has 1 saturated carbocycles. The first kappa shape index (κ1) is 15.1. The SMILES string of the molecule is CN=C(NCc1ccn[nH]1)NCC1(c2cccc(Br)c2)CC1. The summed E-state index contributed by atoms with van der Waals surface area (Å²) in [6.45, 7) is 1.58. The van der Waals surface area contributed by atoms with Crippen molar-refractivity contribution in [2.45, 2.75) is 24.8 Å². The Morgan fingerprint density at radius 2 is 2.23 bits per heavy atom. The monoisotopic (exact) mass is 361 g/mol. The molecule has 3 N–H and O–H groups in total. The summed E-state index contributed by atoms with van der Waals surface area (Å²) in [5, 5.41) is 13.6. The average molecular weight is 362 g/mol. The van der Waals surface area contributed by atoms with Crippen molar-refractivity contribution in [2.24, 2.45) is 4.99 Å². The number of halogens is 1. The maximum absolute atomic E-state index is 4.28. The molecule has 0 atom stereocenters. The van der Waals surface area contributed by atoms with Gasteiger partial charge in [0.05, 0.1) is 12.2 Å². The van der Waals surface area contributed by atoms with Crippen LogP contribution in [0.1, 0.15) is 24.1 Å². The van der Waals surface area contributed by atoms with E-state index in [9.17, 15) is 0 Å². The highest BCUT2D eigenvalue weighted by molar-refractivity contribution is 9.10. The minimum absolute atomic E-state index is 0.245. The van der Waals surface area contributed by atoms with Crippen molar-refractivity contribution < 1.29 is 0 Å². The first-order valence-corrected chi connectivity index (χ1v) is 8.20. The molecular weight excluding hydrogens is 342 g/mol. The molecule has 22 heavy (non-hydrogen) atoms. The molecule has 0 unspecified atom stereocenters. The first-order chi connectivity index (χ1) is 10.7. The van der Waals surface area contributed by atoms with Crippen molar-refractivity contribution in [3.05, 3.63) is 52.3 Å². The summed E-state index contributed by atoms with van der Waals surface area (Å²) in [6, 6.07) is 10.5. The third-order valence-electron chi connectivity index (χ3n) is 4.11. The lowest BCUT2D eigenvalue weighted by atomic mass is 9.96. The van der Waals surface area contributed by atoms with E-state index in [-0.39, 0.29) is 5.41 Å². The van der Waals surface area contributed by atoms with Crippen LogP contribution < -0.4 is 10.6 Å². The normalized spacial score (nSPS) is 16.4. The molecule has 1 heterocycles. The van der Waals surface area contributed by atoms with E-state index in [4.69, 9.17) is 0 Å². The first-order valence-electron chi connectivity index (χ1n) is 7.41. The van der Waals surface area contributed by atoms with E-state index >= 15 is 0 Å². The minimum Gasteiger partial charge on any atom is -0.356 e. The zero-order valence-corrected chi connectivity index (χ0v) is 14.2. The molecule has 0 spiro atoms. The maximum Gasteiger partial charge on any atom is 0.191 e. The molecule has 1 aromatic heterocycles. The lowest BCUT2D eigenvalue weighted by molar-refractivity contribution is 0.644. The number of guanidine groups is 1. The largest absolute Gasteiger partial charge is 0.356 e. The Kier molecular flexibility index (Phi) is 4.47. The lowest BCUT2D eigenvalue weighted by Crippen LogP contribution is -2.41. The molecule has 2 aromatic rings. The third-order valence-corrected chi connectivity index (χ3v) is 4.61. The van der Waals surface area contributed by atoms with E-state index in [2.05, 4.69) is 66.0 Å². The molecule has 0 aliphatic heterocycles. The van der Waals surface area contributed by atoms with Gasteiger partial charge in [-0.2, -0.15) is 5.10 Å². The number of benzene rings is 1. The van der Waals surface area contributed by atoms with Crippen LogP contribution in [0, 0.1) is 0 Å². The highest BCUT2D eigenvalue weighted by Gasteiger charge is 2.44. The molecule has 1 fully saturated rings. The van der Waals surface area contributed by atoms with Crippen LogP contribution in [0.5, 0.6) is 0 Å². The fourth-order valence-electron chi connectivity index (χ4n) is 2.57. The second-order valence-corrected chi connectivity index (χ2v) is 6.57. The minimum atomic E-state index is 0.245. The van der Waals surface area contributed by atoms with E-state index in [1.54, 1.807) is 13.2 Å². The van der Waals surface area contributed by atoms with Gasteiger partial charge in [0, 0.05) is 29.7 Å². The summed E-state index contributed by atoms with van der Waals surface area (Å²) < 4.78 is 1.14. The third kappa shape index (κ3) is 3.50. The maximum atomic E-state index is 4.28. The van der Waals surface area contributed by atoms with Gasteiger partial charge in [-0.3, -0.25) is 10.1 Å². The average Bonchev–Trinajstić information content (AvgIpc) is 3.14. The van der Waals surface area contributed by atoms with Crippen LogP contribution in [0.3, 0.4) is 0 Å². The molecule has 3 rings (SSSR count). The topological polar surface area (TPSA) is 65.1 Å². The molecule has 0 saturated heterocycles. The number of hydrogen-bond donors (Lipinski definition) is 3. The molecule has 5 nitrogen and oxygen atoms in total. The van der Waals surface area contributed by atoms with Crippen LogP contribution in [0.4, 0.5) is 0 Å². The van der Waals surface area contributed by atoms with E-state index in [1.165, 1.54) is 18.4 Å². The number of rotatable bonds is 5. The zero-order valence-electron chi connectivity index (χ0n) is 12.6. The van der Waals surface area contributed by atoms with Gasteiger partial charge in [-0.15, -0.1) is 0 Å². The second kappa shape index (κ2) is 6.52. The Bertz CT molecular complexity index is 646. The highest BCUT2D eigenvalue weighted by Crippen LogP contribution is 2.48. The Hall–Kier alpha value is -1.82. The molecule has 0 bridgehead atoms. The molecule has 1 aliphatic rings. The highest BCUT2D eigenvalue weighted by atomic mass is 79.9. The van der Waals surface area contributed by atoms with Gasteiger partial charge >= 0.3 is 0 Å². The van der Waals surface area contributed by atoms with E-state index < -0.39 is 0 Å². The molecular formula is C16H20BrN5. The Morgan fingerprint density at radius 3 is 2.86 bits per heavy atom. The number of H-pyrrole nitrogens is 1. The molecule has 6 heteroatoms. The number of aliphatic imine (C=N–C) groups is 1. The predicted molar refractivity (Wildman–Crippen MR) is 91.8 cm³/mol. The van der Waals surface area contributed by atoms with Crippen molar-refractivity contribution in [3.63, 3.8) is 0 Å². The number of nitrogens with one attached hydrogen (secondary N) is 3. The van der Waals surface area contributed by atoms with Crippen molar-refractivity contribution >= 4 is 21.9 Å². The Balaban J connectivity index is 1.56. The van der Waals surface area contributed by atoms with E-state index in [1.807, 2.05) is 6.07 Å². The molecule has 1 aliphatic carbocycles. The van der Waals surface area contributed by atoms with Crippen LogP contribution in [-0.2, 0) is 12.0 Å². The Morgan fingerprint density at radius 1 is 1.36 bits per heavy atom. The van der Waals surface area contributed by atoms with Crippen LogP contribution in [0.2, 0.25) is 0 Å². The van der Waals surface area contributed by atoms with Crippen LogP contribution in [0.15, 0.2) is 46.0 Å². The van der Waals surface area contributed by atoms with Gasteiger partial charge in [0.1, 0.15) is 0 Å². The van der Waals surface area contributed by atoms with E-state index in [0.29, 0.717) is 6.54 Å².